The molecule has 4 fully saturated rings. The van der Waals surface area contributed by atoms with Crippen LogP contribution in [0.3, 0.4) is 0 Å². The summed E-state index contributed by atoms with van der Waals surface area (Å²) < 4.78 is 10.8. The van der Waals surface area contributed by atoms with Gasteiger partial charge in [-0.05, 0) is 75.3 Å². The predicted octanol–water partition coefficient (Wildman–Crippen LogP) is 3.76. The van der Waals surface area contributed by atoms with E-state index < -0.39 is 0 Å². The number of nitrogens with one attached hydrogen (secondary N) is 2. The Balaban J connectivity index is 1.27. The number of benzene rings is 1. The fraction of sp³-hybridized carbons (Fsp3) is 0.652. The summed E-state index contributed by atoms with van der Waals surface area (Å²) in [5.74, 6) is 3.50. The minimum Gasteiger partial charge on any atom is -0.493 e. The maximum Gasteiger partial charge on any atom is 0.226 e. The van der Waals surface area contributed by atoms with Crippen molar-refractivity contribution in [3.63, 3.8) is 0 Å². The van der Waals surface area contributed by atoms with Crippen LogP contribution in [0, 0.1) is 23.2 Å². The third-order valence-corrected chi connectivity index (χ3v) is 6.90. The van der Waals surface area contributed by atoms with Gasteiger partial charge in [0.1, 0.15) is 0 Å². The Bertz CT molecular complexity index is 741. The number of methoxy groups -OCH3 is 1. The minimum absolute atomic E-state index is 0.123. The van der Waals surface area contributed by atoms with E-state index in [-0.39, 0.29) is 23.7 Å². The molecular formula is C23H32N2O4. The minimum atomic E-state index is -0.159. The van der Waals surface area contributed by atoms with Crippen molar-refractivity contribution in [2.45, 2.75) is 51.9 Å². The molecule has 4 bridgehead atoms. The molecule has 2 N–H and O–H groups in total. The highest BCUT2D eigenvalue weighted by molar-refractivity contribution is 5.91. The number of anilines is 1. The first-order chi connectivity index (χ1) is 14.0. The van der Waals surface area contributed by atoms with Crippen molar-refractivity contribution in [3.8, 4) is 11.5 Å². The number of amides is 2. The van der Waals surface area contributed by atoms with Gasteiger partial charge < -0.3 is 20.1 Å². The Kier molecular flexibility index (Phi) is 5.70. The zero-order valence-corrected chi connectivity index (χ0v) is 17.5. The van der Waals surface area contributed by atoms with E-state index in [2.05, 4.69) is 10.6 Å². The van der Waals surface area contributed by atoms with Gasteiger partial charge in [0.05, 0.1) is 13.7 Å². The molecule has 0 saturated heterocycles. The lowest BCUT2D eigenvalue weighted by molar-refractivity contribution is -0.146. The van der Waals surface area contributed by atoms with Gasteiger partial charge in [-0.2, -0.15) is 0 Å². The van der Waals surface area contributed by atoms with E-state index in [9.17, 15) is 9.59 Å². The van der Waals surface area contributed by atoms with Crippen LogP contribution in [0.15, 0.2) is 18.2 Å². The van der Waals surface area contributed by atoms with Crippen molar-refractivity contribution in [1.29, 1.82) is 0 Å². The molecule has 4 aliphatic rings. The van der Waals surface area contributed by atoms with Gasteiger partial charge in [0.2, 0.25) is 11.8 Å². The second-order valence-corrected chi connectivity index (χ2v) is 9.05. The summed E-state index contributed by atoms with van der Waals surface area (Å²) in [4.78, 5) is 25.3. The standard InChI is InChI=1S/C23H32N2O4/c1-3-29-19-5-4-18(11-20(19)28-2)25-21(26)6-7-24-22(27)23-12-15-8-16(13-23)10-17(9-15)14-23/h4-5,11,15-17H,3,6-10,12-14H2,1-2H3,(H,24,27)(H,25,26). The Labute approximate surface area is 172 Å². The molecule has 0 aliphatic heterocycles. The van der Waals surface area contributed by atoms with Crippen LogP contribution < -0.4 is 20.1 Å². The molecule has 6 nitrogen and oxygen atoms in total. The zero-order valence-electron chi connectivity index (χ0n) is 17.5. The molecule has 1 aromatic carbocycles. The highest BCUT2D eigenvalue weighted by Crippen LogP contribution is 2.60. The molecule has 29 heavy (non-hydrogen) atoms. The largest absolute Gasteiger partial charge is 0.493 e. The van der Waals surface area contributed by atoms with E-state index in [4.69, 9.17) is 9.47 Å². The van der Waals surface area contributed by atoms with Gasteiger partial charge in [-0.25, -0.2) is 0 Å². The number of rotatable bonds is 8. The lowest BCUT2D eigenvalue weighted by Gasteiger charge is -2.55. The molecule has 4 saturated carbocycles. The van der Waals surface area contributed by atoms with E-state index in [1.54, 1.807) is 25.3 Å². The van der Waals surface area contributed by atoms with Crippen molar-refractivity contribution in [3.05, 3.63) is 18.2 Å². The Morgan fingerprint density at radius 2 is 1.72 bits per heavy atom. The molecule has 0 unspecified atom stereocenters. The fourth-order valence-corrected chi connectivity index (χ4v) is 6.11. The van der Waals surface area contributed by atoms with E-state index in [0.717, 1.165) is 37.0 Å². The molecule has 2 amide bonds. The summed E-state index contributed by atoms with van der Waals surface area (Å²) in [6, 6.07) is 5.32. The van der Waals surface area contributed by atoms with Gasteiger partial charge in [-0.3, -0.25) is 9.59 Å². The van der Waals surface area contributed by atoms with Crippen molar-refractivity contribution in [1.82, 2.24) is 5.32 Å². The van der Waals surface area contributed by atoms with Crippen LogP contribution in [-0.4, -0.2) is 32.1 Å². The van der Waals surface area contributed by atoms with Crippen molar-refractivity contribution < 1.29 is 19.1 Å². The quantitative estimate of drug-likeness (QED) is 0.697. The van der Waals surface area contributed by atoms with Crippen LogP contribution in [0.5, 0.6) is 11.5 Å². The van der Waals surface area contributed by atoms with Crippen LogP contribution >= 0.6 is 0 Å². The van der Waals surface area contributed by atoms with Gasteiger partial charge in [0.25, 0.3) is 0 Å². The second kappa shape index (κ2) is 8.25. The lowest BCUT2D eigenvalue weighted by Crippen LogP contribution is -2.53. The van der Waals surface area contributed by atoms with Crippen LogP contribution in [0.2, 0.25) is 0 Å². The average molecular weight is 401 g/mol. The Hall–Kier alpha value is -2.24. The van der Waals surface area contributed by atoms with Crippen LogP contribution in [0.4, 0.5) is 5.69 Å². The number of carbonyl (C=O) groups excluding carboxylic acids is 2. The summed E-state index contributed by atoms with van der Waals surface area (Å²) in [5, 5.41) is 5.93. The number of hydrogen-bond acceptors (Lipinski definition) is 4. The van der Waals surface area contributed by atoms with Crippen molar-refractivity contribution >= 4 is 17.5 Å². The smallest absolute Gasteiger partial charge is 0.226 e. The van der Waals surface area contributed by atoms with E-state index in [0.29, 0.717) is 30.3 Å². The summed E-state index contributed by atoms with van der Waals surface area (Å²) in [6.07, 6.45) is 7.35. The van der Waals surface area contributed by atoms with Gasteiger partial charge >= 0.3 is 0 Å². The van der Waals surface area contributed by atoms with Gasteiger partial charge in [0, 0.05) is 30.1 Å². The van der Waals surface area contributed by atoms with Gasteiger partial charge in [0.15, 0.2) is 11.5 Å². The normalized spacial score (nSPS) is 29.4. The third-order valence-electron chi connectivity index (χ3n) is 6.90. The first kappa shape index (κ1) is 20.0. The van der Waals surface area contributed by atoms with Crippen LogP contribution in [0.25, 0.3) is 0 Å². The molecular weight excluding hydrogens is 368 g/mol. The molecule has 0 spiro atoms. The Morgan fingerprint density at radius 3 is 2.31 bits per heavy atom. The summed E-state index contributed by atoms with van der Waals surface area (Å²) in [6.45, 7) is 2.83. The first-order valence-electron chi connectivity index (χ1n) is 10.9. The van der Waals surface area contributed by atoms with Crippen LogP contribution in [0.1, 0.15) is 51.9 Å². The van der Waals surface area contributed by atoms with E-state index in [1.165, 1.54) is 19.3 Å². The van der Waals surface area contributed by atoms with Crippen LogP contribution in [-0.2, 0) is 9.59 Å². The first-order valence-corrected chi connectivity index (χ1v) is 10.9. The SMILES string of the molecule is CCOc1ccc(NC(=O)CCNC(=O)C23CC4CC(CC(C4)C2)C3)cc1OC. The maximum atomic E-state index is 12.9. The van der Waals surface area contributed by atoms with Crippen molar-refractivity contribution in [2.75, 3.05) is 25.6 Å². The summed E-state index contributed by atoms with van der Waals surface area (Å²) in [7, 11) is 1.57. The molecule has 6 heteroatoms. The van der Waals surface area contributed by atoms with Gasteiger partial charge in [-0.1, -0.05) is 0 Å². The average Bonchev–Trinajstić information content (AvgIpc) is 2.68. The van der Waals surface area contributed by atoms with E-state index in [1.807, 2.05) is 6.92 Å². The van der Waals surface area contributed by atoms with E-state index >= 15 is 0 Å². The molecule has 1 aromatic rings. The summed E-state index contributed by atoms with van der Waals surface area (Å²) in [5.41, 5.74) is 0.496. The topological polar surface area (TPSA) is 76.7 Å². The van der Waals surface area contributed by atoms with Gasteiger partial charge in [-0.15, -0.1) is 0 Å². The number of hydrogen-bond donors (Lipinski definition) is 2. The molecule has 0 radical (unpaired) electrons. The maximum absolute atomic E-state index is 12.9. The number of ether oxygens (including phenoxy) is 2. The highest BCUT2D eigenvalue weighted by atomic mass is 16.5. The molecule has 4 aliphatic carbocycles. The summed E-state index contributed by atoms with van der Waals surface area (Å²) >= 11 is 0. The fourth-order valence-electron chi connectivity index (χ4n) is 6.11. The molecule has 0 atom stereocenters. The Morgan fingerprint density at radius 1 is 1.07 bits per heavy atom. The number of carbonyl (C=O) groups is 2. The predicted molar refractivity (Wildman–Crippen MR) is 111 cm³/mol. The highest BCUT2D eigenvalue weighted by Gasteiger charge is 2.54. The lowest BCUT2D eigenvalue weighted by atomic mass is 9.49. The monoisotopic (exact) mass is 400 g/mol. The molecule has 0 heterocycles. The molecule has 0 aromatic heterocycles. The van der Waals surface area contributed by atoms with Crippen molar-refractivity contribution in [2.24, 2.45) is 23.2 Å². The third kappa shape index (κ3) is 4.21. The second-order valence-electron chi connectivity index (χ2n) is 9.05. The zero-order chi connectivity index (χ0) is 20.4. The molecule has 5 rings (SSSR count). The molecule has 158 valence electrons.